The summed E-state index contributed by atoms with van der Waals surface area (Å²) in [7, 11) is 0. The fourth-order valence-corrected chi connectivity index (χ4v) is 1.75. The summed E-state index contributed by atoms with van der Waals surface area (Å²) in [5, 5.41) is 7.61. The molecule has 0 unspecified atom stereocenters. The minimum absolute atomic E-state index is 0.00253. The summed E-state index contributed by atoms with van der Waals surface area (Å²) in [5.41, 5.74) is 0.829. The van der Waals surface area contributed by atoms with E-state index in [1.54, 1.807) is 56.0 Å². The zero-order valence-electron chi connectivity index (χ0n) is 12.2. The Morgan fingerprint density at radius 1 is 1.29 bits per heavy atom. The summed E-state index contributed by atoms with van der Waals surface area (Å²) < 4.78 is 6.64. The van der Waals surface area contributed by atoms with Crippen molar-refractivity contribution < 1.29 is 14.3 Å². The third-order valence-corrected chi connectivity index (χ3v) is 2.59. The fraction of sp³-hybridized carbons (Fsp3) is 0.333. The van der Waals surface area contributed by atoms with Crippen molar-refractivity contribution in [1.82, 2.24) is 15.0 Å². The van der Waals surface area contributed by atoms with Gasteiger partial charge in [-0.3, -0.25) is 4.79 Å². The van der Waals surface area contributed by atoms with Gasteiger partial charge in [-0.15, -0.1) is 5.10 Å². The highest BCUT2D eigenvalue weighted by Crippen LogP contribution is 2.12. The van der Waals surface area contributed by atoms with Gasteiger partial charge in [0.15, 0.2) is 0 Å². The van der Waals surface area contributed by atoms with Gasteiger partial charge in [0, 0.05) is 6.42 Å². The van der Waals surface area contributed by atoms with Crippen molar-refractivity contribution in [2.75, 3.05) is 0 Å². The summed E-state index contributed by atoms with van der Waals surface area (Å²) >= 11 is 0. The van der Waals surface area contributed by atoms with E-state index in [0.717, 1.165) is 11.3 Å². The van der Waals surface area contributed by atoms with Crippen LogP contribution in [0.1, 0.15) is 26.3 Å². The van der Waals surface area contributed by atoms with Crippen LogP contribution >= 0.6 is 0 Å². The first kappa shape index (κ1) is 14.9. The third kappa shape index (κ3) is 4.24. The smallest absolute Gasteiger partial charge is 0.375 e. The van der Waals surface area contributed by atoms with E-state index in [2.05, 4.69) is 10.3 Å². The Bertz CT molecular complexity index is 642. The molecule has 1 heterocycles. The monoisotopic (exact) mass is 287 g/mol. The summed E-state index contributed by atoms with van der Waals surface area (Å²) in [5.74, 6) is -1.38. The molecule has 2 aromatic rings. The van der Waals surface area contributed by atoms with Crippen LogP contribution in [0.15, 0.2) is 36.7 Å². The summed E-state index contributed by atoms with van der Waals surface area (Å²) in [6, 6.07) is 7.21. The number of Topliss-reactive ketones (excluding diaryl/α,β-unsaturated/α-hetero) is 1. The molecular formula is C15H17N3O3. The van der Waals surface area contributed by atoms with Gasteiger partial charge in [0.25, 0.3) is 0 Å². The van der Waals surface area contributed by atoms with E-state index < -0.39 is 17.4 Å². The molecule has 0 radical (unpaired) electrons. The average Bonchev–Trinajstić information content (AvgIpc) is 2.90. The first-order chi connectivity index (χ1) is 9.85. The maximum atomic E-state index is 11.9. The predicted molar refractivity (Wildman–Crippen MR) is 75.9 cm³/mol. The summed E-state index contributed by atoms with van der Waals surface area (Å²) in [4.78, 5) is 23.6. The molecule has 6 heteroatoms. The predicted octanol–water partition coefficient (Wildman–Crippen LogP) is 1.72. The van der Waals surface area contributed by atoms with E-state index in [1.807, 2.05) is 6.07 Å². The van der Waals surface area contributed by atoms with Crippen LogP contribution in [0.4, 0.5) is 0 Å². The number of hydrogen-bond donors (Lipinski definition) is 0. The maximum absolute atomic E-state index is 11.9. The molecule has 1 aromatic heterocycles. The van der Waals surface area contributed by atoms with E-state index in [4.69, 9.17) is 4.74 Å². The highest BCUT2D eigenvalue weighted by atomic mass is 16.6. The van der Waals surface area contributed by atoms with Crippen LogP contribution in [-0.2, 0) is 20.7 Å². The van der Waals surface area contributed by atoms with Crippen molar-refractivity contribution in [1.29, 1.82) is 0 Å². The van der Waals surface area contributed by atoms with Crippen LogP contribution in [-0.4, -0.2) is 32.3 Å². The summed E-state index contributed by atoms with van der Waals surface area (Å²) in [6.07, 6.45) is 3.27. The molecule has 0 fully saturated rings. The molecule has 0 spiro atoms. The van der Waals surface area contributed by atoms with E-state index in [1.165, 1.54) is 0 Å². The zero-order valence-corrected chi connectivity index (χ0v) is 12.2. The van der Waals surface area contributed by atoms with Crippen molar-refractivity contribution in [2.24, 2.45) is 0 Å². The van der Waals surface area contributed by atoms with Crippen molar-refractivity contribution >= 4 is 11.8 Å². The van der Waals surface area contributed by atoms with Crippen LogP contribution in [0.3, 0.4) is 0 Å². The maximum Gasteiger partial charge on any atom is 0.375 e. The molecule has 2 rings (SSSR count). The Morgan fingerprint density at radius 3 is 2.67 bits per heavy atom. The quantitative estimate of drug-likeness (QED) is 0.632. The Labute approximate surface area is 122 Å². The molecule has 0 bridgehead atoms. The molecule has 0 atom stereocenters. The second kappa shape index (κ2) is 5.87. The molecule has 110 valence electrons. The van der Waals surface area contributed by atoms with Crippen LogP contribution < -0.4 is 0 Å². The lowest BCUT2D eigenvalue weighted by atomic mass is 10.1. The molecule has 21 heavy (non-hydrogen) atoms. The van der Waals surface area contributed by atoms with Crippen LogP contribution in [0.2, 0.25) is 0 Å². The third-order valence-electron chi connectivity index (χ3n) is 2.59. The molecule has 0 saturated heterocycles. The van der Waals surface area contributed by atoms with Crippen molar-refractivity contribution in [3.8, 4) is 5.69 Å². The number of carbonyl (C=O) groups excluding carboxylic acids is 2. The number of esters is 1. The van der Waals surface area contributed by atoms with Gasteiger partial charge in [0.05, 0.1) is 18.1 Å². The number of rotatable bonds is 4. The van der Waals surface area contributed by atoms with Crippen molar-refractivity contribution in [3.63, 3.8) is 0 Å². The lowest BCUT2D eigenvalue weighted by Crippen LogP contribution is -2.29. The van der Waals surface area contributed by atoms with E-state index in [-0.39, 0.29) is 6.42 Å². The highest BCUT2D eigenvalue weighted by molar-refractivity contribution is 6.34. The largest absolute Gasteiger partial charge is 0.454 e. The van der Waals surface area contributed by atoms with Gasteiger partial charge in [0.2, 0.25) is 5.78 Å². The number of benzene rings is 1. The highest BCUT2D eigenvalue weighted by Gasteiger charge is 2.22. The molecule has 0 saturated carbocycles. The van der Waals surface area contributed by atoms with Crippen LogP contribution in [0.25, 0.3) is 5.69 Å². The molecule has 0 aliphatic rings. The van der Waals surface area contributed by atoms with E-state index in [9.17, 15) is 9.59 Å². The number of carbonyl (C=O) groups is 2. The van der Waals surface area contributed by atoms with Crippen molar-refractivity contribution in [3.05, 3.63) is 42.2 Å². The van der Waals surface area contributed by atoms with Crippen LogP contribution in [0.5, 0.6) is 0 Å². The zero-order chi connectivity index (χ0) is 15.5. The normalized spacial score (nSPS) is 11.2. The molecule has 0 aliphatic carbocycles. The lowest BCUT2D eigenvalue weighted by molar-refractivity contribution is -0.162. The Morgan fingerprint density at radius 2 is 2.05 bits per heavy atom. The lowest BCUT2D eigenvalue weighted by Gasteiger charge is -2.18. The van der Waals surface area contributed by atoms with Gasteiger partial charge < -0.3 is 4.74 Å². The molecule has 6 nitrogen and oxygen atoms in total. The van der Waals surface area contributed by atoms with Crippen LogP contribution in [0, 0.1) is 0 Å². The second-order valence-electron chi connectivity index (χ2n) is 5.62. The molecule has 0 amide bonds. The SMILES string of the molecule is CC(C)(C)OC(=O)C(=O)Cc1cccc(-n2ccnn2)c1. The van der Waals surface area contributed by atoms with Gasteiger partial charge >= 0.3 is 5.97 Å². The minimum Gasteiger partial charge on any atom is -0.454 e. The van der Waals surface area contributed by atoms with Gasteiger partial charge in [-0.1, -0.05) is 17.3 Å². The number of nitrogens with zero attached hydrogens (tertiary/aromatic N) is 3. The first-order valence-corrected chi connectivity index (χ1v) is 6.57. The molecular weight excluding hydrogens is 270 g/mol. The topological polar surface area (TPSA) is 74.1 Å². The van der Waals surface area contributed by atoms with Gasteiger partial charge in [-0.25, -0.2) is 9.48 Å². The Hall–Kier alpha value is -2.50. The number of hydrogen-bond acceptors (Lipinski definition) is 5. The van der Waals surface area contributed by atoms with E-state index in [0.29, 0.717) is 0 Å². The van der Waals surface area contributed by atoms with E-state index >= 15 is 0 Å². The first-order valence-electron chi connectivity index (χ1n) is 6.57. The van der Waals surface area contributed by atoms with Gasteiger partial charge in [-0.05, 0) is 38.5 Å². The van der Waals surface area contributed by atoms with Gasteiger partial charge in [0.1, 0.15) is 5.60 Å². The Balaban J connectivity index is 2.08. The van der Waals surface area contributed by atoms with Crippen molar-refractivity contribution in [2.45, 2.75) is 32.8 Å². The average molecular weight is 287 g/mol. The number of ketones is 1. The standard InChI is InChI=1S/C15H17N3O3/c1-15(2,3)21-14(20)13(19)10-11-5-4-6-12(9-11)18-8-7-16-17-18/h4-9H,10H2,1-3H3. The number of aromatic nitrogens is 3. The minimum atomic E-state index is -0.811. The second-order valence-corrected chi connectivity index (χ2v) is 5.62. The fourth-order valence-electron chi connectivity index (χ4n) is 1.75. The van der Waals surface area contributed by atoms with Gasteiger partial charge in [-0.2, -0.15) is 0 Å². The molecule has 1 aromatic carbocycles. The molecule has 0 N–H and O–H groups in total. The summed E-state index contributed by atoms with van der Waals surface area (Å²) in [6.45, 7) is 5.18. The molecule has 0 aliphatic heterocycles. The Kier molecular flexibility index (Phi) is 4.16. The number of ether oxygens (including phenoxy) is 1.